The van der Waals surface area contributed by atoms with Crippen LogP contribution >= 0.6 is 0 Å². The predicted molar refractivity (Wildman–Crippen MR) is 121 cm³/mol. The number of nitrogens with one attached hydrogen (secondary N) is 2. The highest BCUT2D eigenvalue weighted by Gasteiger charge is 2.18. The molecule has 10 heteroatoms. The Morgan fingerprint density at radius 2 is 1.88 bits per heavy atom. The van der Waals surface area contributed by atoms with Gasteiger partial charge in [0.05, 0.1) is 12.2 Å². The Morgan fingerprint density at radius 3 is 2.48 bits per heavy atom. The Kier molecular flexibility index (Phi) is 8.93. The molecule has 0 fully saturated rings. The van der Waals surface area contributed by atoms with E-state index in [0.29, 0.717) is 0 Å². The van der Waals surface area contributed by atoms with Crippen molar-refractivity contribution < 1.29 is 34.0 Å². The summed E-state index contributed by atoms with van der Waals surface area (Å²) in [6, 6.07) is 8.12. The summed E-state index contributed by atoms with van der Waals surface area (Å²) in [4.78, 5) is 26.0. The molecule has 5 N–H and O–H groups in total. The van der Waals surface area contributed by atoms with Crippen LogP contribution in [0, 0.1) is 5.82 Å². The molecule has 0 saturated carbocycles. The van der Waals surface area contributed by atoms with Crippen molar-refractivity contribution >= 4 is 17.6 Å². The van der Waals surface area contributed by atoms with Crippen molar-refractivity contribution in [2.24, 2.45) is 0 Å². The number of nitrogens with two attached hydrogens (primary N) is 1. The van der Waals surface area contributed by atoms with Crippen LogP contribution in [-0.4, -0.2) is 61.5 Å². The quantitative estimate of drug-likeness (QED) is 0.323. The van der Waals surface area contributed by atoms with E-state index in [1.54, 1.807) is 34.3 Å². The van der Waals surface area contributed by atoms with Crippen molar-refractivity contribution in [3.63, 3.8) is 0 Å². The first kappa shape index (κ1) is 25.3. The van der Waals surface area contributed by atoms with Gasteiger partial charge in [-0.25, -0.2) is 14.5 Å². The Morgan fingerprint density at radius 1 is 1.18 bits per heavy atom. The molecule has 0 aliphatic heterocycles. The molecule has 0 aliphatic rings. The van der Waals surface area contributed by atoms with Crippen molar-refractivity contribution in [1.82, 2.24) is 15.5 Å². The number of aliphatic hydroxyl groups is 1. The predicted octanol–water partition coefficient (Wildman–Crippen LogP) is 0.700. The average Bonchev–Trinajstić information content (AvgIpc) is 2.78. The fraction of sp³-hybridized carbons (Fsp3) is 0.261. The maximum atomic E-state index is 14.6. The van der Waals surface area contributed by atoms with Crippen LogP contribution in [0.5, 0.6) is 17.2 Å². The molecule has 0 radical (unpaired) electrons. The van der Waals surface area contributed by atoms with Crippen LogP contribution in [0.1, 0.15) is 27.6 Å². The maximum absolute atomic E-state index is 14.6. The molecule has 2 rings (SSSR count). The molecule has 2 aromatic carbocycles. The summed E-state index contributed by atoms with van der Waals surface area (Å²) in [5.41, 5.74) is 0.299. The van der Waals surface area contributed by atoms with E-state index in [1.807, 2.05) is 0 Å². The molecule has 0 heterocycles. The second-order valence-corrected chi connectivity index (χ2v) is 7.28. The lowest BCUT2D eigenvalue weighted by molar-refractivity contribution is -0.115. The van der Waals surface area contributed by atoms with Gasteiger partial charge in [-0.05, 0) is 37.3 Å². The molecule has 176 valence electrons. The minimum atomic E-state index is -0.751. The normalized spacial score (nSPS) is 11.6. The monoisotopic (exact) mass is 459 g/mol. The van der Waals surface area contributed by atoms with Crippen molar-refractivity contribution in [2.45, 2.75) is 13.0 Å². The van der Waals surface area contributed by atoms with E-state index >= 15 is 0 Å². The number of ether oxygens (including phenoxy) is 2. The van der Waals surface area contributed by atoms with Crippen LogP contribution in [0.15, 0.2) is 48.7 Å². The molecule has 1 atom stereocenters. The number of hydrogen-bond acceptors (Lipinski definition) is 6. The summed E-state index contributed by atoms with van der Waals surface area (Å²) in [5.74, 6) is -1.37. The summed E-state index contributed by atoms with van der Waals surface area (Å²) in [6.07, 6.45) is 2.45. The molecule has 0 bridgehead atoms. The first-order valence-corrected chi connectivity index (χ1v) is 10.0. The first-order chi connectivity index (χ1) is 15.6. The van der Waals surface area contributed by atoms with Gasteiger partial charge in [0, 0.05) is 45.0 Å². The number of carbonyl (C=O) groups excluding carboxylic acids is 2. The number of hydrogen-bond donors (Lipinski definition) is 4. The Labute approximate surface area is 191 Å². The highest BCUT2D eigenvalue weighted by atomic mass is 19.1. The van der Waals surface area contributed by atoms with Crippen molar-refractivity contribution in [3.8, 4) is 17.2 Å². The summed E-state index contributed by atoms with van der Waals surface area (Å²) >= 11 is 0. The Hall–Kier alpha value is -3.92. The number of aliphatic hydroxyl groups excluding tert-OH is 1. The summed E-state index contributed by atoms with van der Waals surface area (Å²) < 4.78 is 25.8. The third-order valence-corrected chi connectivity index (χ3v) is 4.24. The SMILES string of the molecule is CN/C=C\C(=[NH2+])NC(=O)c1cc(Oc2ccc(C(=O)N(C)C)cc2F)cc(O[C@@H](C)CO)c1. The van der Waals surface area contributed by atoms with Gasteiger partial charge >= 0.3 is 5.91 Å². The average molecular weight is 459 g/mol. The summed E-state index contributed by atoms with van der Waals surface area (Å²) in [5, 5.41) is 20.3. The first-order valence-electron chi connectivity index (χ1n) is 10.0. The molecule has 2 aromatic rings. The highest BCUT2D eigenvalue weighted by Crippen LogP contribution is 2.30. The zero-order chi connectivity index (χ0) is 24.5. The number of halogens is 1. The van der Waals surface area contributed by atoms with Gasteiger partial charge in [-0.15, -0.1) is 0 Å². The zero-order valence-electron chi connectivity index (χ0n) is 18.9. The summed E-state index contributed by atoms with van der Waals surface area (Å²) in [6.45, 7) is 1.39. The van der Waals surface area contributed by atoms with Gasteiger partial charge < -0.3 is 24.8 Å². The minimum Gasteiger partial charge on any atom is -0.488 e. The van der Waals surface area contributed by atoms with Gasteiger partial charge in [-0.3, -0.25) is 10.2 Å². The lowest BCUT2D eigenvalue weighted by Gasteiger charge is -2.15. The van der Waals surface area contributed by atoms with Crippen LogP contribution in [0.2, 0.25) is 0 Å². The fourth-order valence-corrected chi connectivity index (χ4v) is 2.62. The van der Waals surface area contributed by atoms with Crippen LogP contribution in [0.25, 0.3) is 0 Å². The van der Waals surface area contributed by atoms with Crippen molar-refractivity contribution in [2.75, 3.05) is 27.7 Å². The minimum absolute atomic E-state index is 0.0964. The van der Waals surface area contributed by atoms with Crippen molar-refractivity contribution in [1.29, 1.82) is 0 Å². The lowest BCUT2D eigenvalue weighted by Crippen LogP contribution is -2.49. The third-order valence-electron chi connectivity index (χ3n) is 4.24. The van der Waals surface area contributed by atoms with Crippen LogP contribution in [-0.2, 0) is 0 Å². The van der Waals surface area contributed by atoms with Gasteiger partial charge in [-0.1, -0.05) is 0 Å². The molecule has 0 aromatic heterocycles. The molecule has 0 saturated heterocycles. The molecule has 0 aliphatic carbocycles. The highest BCUT2D eigenvalue weighted by molar-refractivity contribution is 6.08. The topological polar surface area (TPSA) is 126 Å². The molecule has 0 spiro atoms. The van der Waals surface area contributed by atoms with E-state index in [-0.39, 0.29) is 46.7 Å². The number of nitrogens with zero attached hydrogens (tertiary/aromatic N) is 1. The lowest BCUT2D eigenvalue weighted by atomic mass is 10.1. The molecular formula is C23H28FN4O5+. The van der Waals surface area contributed by atoms with Gasteiger partial charge in [0.2, 0.25) is 0 Å². The van der Waals surface area contributed by atoms with E-state index < -0.39 is 17.8 Å². The van der Waals surface area contributed by atoms with Gasteiger partial charge in [0.15, 0.2) is 11.6 Å². The van der Waals surface area contributed by atoms with E-state index in [0.717, 1.165) is 6.07 Å². The van der Waals surface area contributed by atoms with Gasteiger partial charge in [0.1, 0.15) is 17.6 Å². The molecule has 0 unspecified atom stereocenters. The van der Waals surface area contributed by atoms with Gasteiger partial charge in [-0.2, -0.15) is 0 Å². The maximum Gasteiger partial charge on any atom is 0.339 e. The molecule has 9 nitrogen and oxygen atoms in total. The van der Waals surface area contributed by atoms with Crippen molar-refractivity contribution in [3.05, 3.63) is 65.6 Å². The van der Waals surface area contributed by atoms with Crippen LogP contribution in [0.3, 0.4) is 0 Å². The van der Waals surface area contributed by atoms with E-state index in [9.17, 15) is 19.1 Å². The Bertz CT molecular complexity index is 1060. The van der Waals surface area contributed by atoms with Crippen LogP contribution < -0.4 is 25.5 Å². The number of carbonyl (C=O) groups is 2. The standard InChI is InChI=1S/C23H27FN4O5/c1-14(13-29)32-17-9-16(22(30)27-21(25)7-8-26-2)10-18(12-17)33-20-6-5-15(11-19(20)24)23(31)28(3)4/h5-12,14,26,29H,13H2,1-4H3,(H2,25,27,30)/p+1/b8-7-/t14-/m0/s1. The number of amidine groups is 1. The van der Waals surface area contributed by atoms with E-state index in [2.05, 4.69) is 10.6 Å². The largest absolute Gasteiger partial charge is 0.488 e. The van der Waals surface area contributed by atoms with E-state index in [1.165, 1.54) is 41.3 Å². The Balaban J connectivity index is 2.35. The van der Waals surface area contributed by atoms with E-state index in [4.69, 9.17) is 14.9 Å². The summed E-state index contributed by atoms with van der Waals surface area (Å²) in [7, 11) is 4.81. The molecular weight excluding hydrogens is 431 g/mol. The second-order valence-electron chi connectivity index (χ2n) is 7.28. The number of amides is 2. The number of benzene rings is 2. The zero-order valence-corrected chi connectivity index (χ0v) is 18.9. The molecule has 33 heavy (non-hydrogen) atoms. The molecule has 2 amide bonds. The fourth-order valence-electron chi connectivity index (χ4n) is 2.62. The number of rotatable bonds is 9. The smallest absolute Gasteiger partial charge is 0.339 e. The third kappa shape index (κ3) is 7.32. The van der Waals surface area contributed by atoms with Crippen LogP contribution in [0.4, 0.5) is 4.39 Å². The van der Waals surface area contributed by atoms with Gasteiger partial charge in [0.25, 0.3) is 11.7 Å². The second kappa shape index (κ2) is 11.6.